The van der Waals surface area contributed by atoms with Crippen molar-refractivity contribution in [1.82, 2.24) is 4.57 Å². The maximum absolute atomic E-state index is 12.6. The molecule has 1 fully saturated rings. The van der Waals surface area contributed by atoms with E-state index >= 15 is 0 Å². The first-order valence-electron chi connectivity index (χ1n) is 10.0. The Labute approximate surface area is 180 Å². The topological polar surface area (TPSA) is 49.7 Å². The highest BCUT2D eigenvalue weighted by Gasteiger charge is 2.21. The van der Waals surface area contributed by atoms with E-state index in [1.165, 1.54) is 18.9 Å². The molecule has 1 saturated carbocycles. The molecule has 1 heterocycles. The molecule has 0 spiro atoms. The molecule has 1 aromatic heterocycles. The summed E-state index contributed by atoms with van der Waals surface area (Å²) in [4.78, 5) is 12.6. The van der Waals surface area contributed by atoms with Crippen LogP contribution in [0.2, 0.25) is 5.02 Å². The lowest BCUT2D eigenvalue weighted by atomic mass is 10.2. The summed E-state index contributed by atoms with van der Waals surface area (Å²) in [5.41, 5.74) is 1.49. The normalized spacial score (nSPS) is 13.1. The summed E-state index contributed by atoms with van der Waals surface area (Å²) in [6.45, 7) is 1.04. The highest BCUT2D eigenvalue weighted by molar-refractivity contribution is 6.30. The molecule has 3 aromatic rings. The molecule has 5 nitrogen and oxygen atoms in total. The molecule has 0 bridgehead atoms. The average Bonchev–Trinajstić information content (AvgIpc) is 3.58. The van der Waals surface area contributed by atoms with Gasteiger partial charge in [-0.2, -0.15) is 0 Å². The largest absolute Gasteiger partial charge is 0.493 e. The molecule has 1 aliphatic carbocycles. The van der Waals surface area contributed by atoms with Gasteiger partial charge in [0.2, 0.25) is 0 Å². The van der Waals surface area contributed by atoms with Gasteiger partial charge in [0.05, 0.1) is 19.4 Å². The molecule has 156 valence electrons. The summed E-state index contributed by atoms with van der Waals surface area (Å²) in [5, 5.41) is 0.677. The molecule has 0 N–H and O–H groups in total. The summed E-state index contributed by atoms with van der Waals surface area (Å²) >= 11 is 5.89. The third-order valence-electron chi connectivity index (χ3n) is 5.12. The lowest BCUT2D eigenvalue weighted by molar-refractivity contribution is 0.283. The summed E-state index contributed by atoms with van der Waals surface area (Å²) in [6.07, 6.45) is 5.38. The van der Waals surface area contributed by atoms with Gasteiger partial charge in [-0.1, -0.05) is 36.6 Å². The summed E-state index contributed by atoms with van der Waals surface area (Å²) in [7, 11) is 1.60. The van der Waals surface area contributed by atoms with Crippen molar-refractivity contribution in [2.24, 2.45) is 5.92 Å². The van der Waals surface area contributed by atoms with Crippen molar-refractivity contribution in [1.29, 1.82) is 0 Å². The standard InChI is InChI=1S/C24H24ClNO4/c1-28-23-14-20(8-9-22(23)29-13-11-17-2-3-17)26-12-10-21(15-24(26)27)30-16-18-4-6-19(25)7-5-18/h4-10,12,14-15,17H,2-3,11,13,16H2,1H3. The van der Waals surface area contributed by atoms with E-state index < -0.39 is 0 Å². The second kappa shape index (κ2) is 9.26. The van der Waals surface area contributed by atoms with Gasteiger partial charge in [0.1, 0.15) is 12.4 Å². The van der Waals surface area contributed by atoms with Gasteiger partial charge in [0, 0.05) is 23.4 Å². The molecule has 6 heteroatoms. The third-order valence-corrected chi connectivity index (χ3v) is 5.37. The van der Waals surface area contributed by atoms with Gasteiger partial charge in [-0.3, -0.25) is 9.36 Å². The van der Waals surface area contributed by atoms with Gasteiger partial charge < -0.3 is 14.2 Å². The Balaban J connectivity index is 1.45. The molecule has 0 amide bonds. The van der Waals surface area contributed by atoms with Crippen LogP contribution in [0.25, 0.3) is 5.69 Å². The van der Waals surface area contributed by atoms with Gasteiger partial charge in [-0.05, 0) is 48.2 Å². The summed E-state index contributed by atoms with van der Waals surface area (Å²) in [6, 6.07) is 16.2. The quantitative estimate of drug-likeness (QED) is 0.469. The molecule has 0 radical (unpaired) electrons. The fraction of sp³-hybridized carbons (Fsp3) is 0.292. The molecule has 0 atom stereocenters. The molecule has 1 aliphatic rings. The third kappa shape index (κ3) is 5.16. The molecule has 0 unspecified atom stereocenters. The minimum atomic E-state index is -0.187. The van der Waals surface area contributed by atoms with Crippen LogP contribution < -0.4 is 19.8 Å². The first kappa shape index (κ1) is 20.4. The van der Waals surface area contributed by atoms with Crippen molar-refractivity contribution < 1.29 is 14.2 Å². The van der Waals surface area contributed by atoms with Crippen molar-refractivity contribution in [2.75, 3.05) is 13.7 Å². The highest BCUT2D eigenvalue weighted by atomic mass is 35.5. The molecule has 2 aromatic carbocycles. The Morgan fingerprint density at radius 3 is 2.50 bits per heavy atom. The fourth-order valence-electron chi connectivity index (χ4n) is 3.18. The number of hydrogen-bond acceptors (Lipinski definition) is 4. The SMILES string of the molecule is COc1cc(-n2ccc(OCc3ccc(Cl)cc3)cc2=O)ccc1OCCC1CC1. The van der Waals surface area contributed by atoms with E-state index in [4.69, 9.17) is 25.8 Å². The Hall–Kier alpha value is -2.92. The Morgan fingerprint density at radius 2 is 1.80 bits per heavy atom. The van der Waals surface area contributed by atoms with Crippen LogP contribution in [0.15, 0.2) is 65.6 Å². The lowest BCUT2D eigenvalue weighted by Crippen LogP contribution is -2.17. The van der Waals surface area contributed by atoms with E-state index in [2.05, 4.69) is 0 Å². The van der Waals surface area contributed by atoms with Crippen LogP contribution in [0.3, 0.4) is 0 Å². The number of methoxy groups -OCH3 is 1. The molecule has 0 aliphatic heterocycles. The number of nitrogens with zero attached hydrogens (tertiary/aromatic N) is 1. The highest BCUT2D eigenvalue weighted by Crippen LogP contribution is 2.34. The number of halogens is 1. The minimum absolute atomic E-state index is 0.187. The van der Waals surface area contributed by atoms with E-state index in [1.54, 1.807) is 23.9 Å². The first-order valence-corrected chi connectivity index (χ1v) is 10.4. The van der Waals surface area contributed by atoms with Gasteiger partial charge in [-0.25, -0.2) is 0 Å². The minimum Gasteiger partial charge on any atom is -0.493 e. The van der Waals surface area contributed by atoms with Crippen molar-refractivity contribution >= 4 is 11.6 Å². The van der Waals surface area contributed by atoms with Crippen molar-refractivity contribution in [3.8, 4) is 22.9 Å². The van der Waals surface area contributed by atoms with Crippen molar-refractivity contribution in [3.05, 3.63) is 81.7 Å². The average molecular weight is 426 g/mol. The van der Waals surface area contributed by atoms with Crippen LogP contribution in [0.4, 0.5) is 0 Å². The Kier molecular flexibility index (Phi) is 6.29. The number of hydrogen-bond donors (Lipinski definition) is 0. The zero-order valence-electron chi connectivity index (χ0n) is 16.8. The molecule has 0 saturated heterocycles. The zero-order chi connectivity index (χ0) is 20.9. The predicted octanol–water partition coefficient (Wildman–Crippen LogP) is 5.26. The Bertz CT molecular complexity index is 1060. The van der Waals surface area contributed by atoms with E-state index in [1.807, 2.05) is 42.5 Å². The molecule has 30 heavy (non-hydrogen) atoms. The number of pyridine rings is 1. The molecular formula is C24H24ClNO4. The predicted molar refractivity (Wildman–Crippen MR) is 117 cm³/mol. The van der Waals surface area contributed by atoms with Crippen LogP contribution in [0.1, 0.15) is 24.8 Å². The summed E-state index contributed by atoms with van der Waals surface area (Å²) in [5.74, 6) is 2.63. The summed E-state index contributed by atoms with van der Waals surface area (Å²) < 4.78 is 18.6. The monoisotopic (exact) mass is 425 g/mol. The van der Waals surface area contributed by atoms with E-state index in [0.717, 1.165) is 17.9 Å². The molecule has 4 rings (SSSR count). The van der Waals surface area contributed by atoms with Gasteiger partial charge in [0.25, 0.3) is 5.56 Å². The van der Waals surface area contributed by atoms with Gasteiger partial charge in [0.15, 0.2) is 11.5 Å². The number of benzene rings is 2. The zero-order valence-corrected chi connectivity index (χ0v) is 17.6. The van der Waals surface area contributed by atoms with Crippen LogP contribution >= 0.6 is 11.6 Å². The van der Waals surface area contributed by atoms with Crippen molar-refractivity contribution in [2.45, 2.75) is 25.9 Å². The molecular weight excluding hydrogens is 402 g/mol. The number of rotatable bonds is 9. The first-order chi connectivity index (χ1) is 14.6. The second-order valence-electron chi connectivity index (χ2n) is 7.40. The van der Waals surface area contributed by atoms with Crippen LogP contribution in [0, 0.1) is 5.92 Å². The maximum atomic E-state index is 12.6. The van der Waals surface area contributed by atoms with Gasteiger partial charge >= 0.3 is 0 Å². The lowest BCUT2D eigenvalue weighted by Gasteiger charge is -2.13. The van der Waals surface area contributed by atoms with Crippen LogP contribution in [0.5, 0.6) is 17.2 Å². The van der Waals surface area contributed by atoms with Crippen LogP contribution in [-0.4, -0.2) is 18.3 Å². The second-order valence-corrected chi connectivity index (χ2v) is 7.84. The van der Waals surface area contributed by atoms with Gasteiger partial charge in [-0.15, -0.1) is 0 Å². The van der Waals surface area contributed by atoms with E-state index in [0.29, 0.717) is 41.2 Å². The van der Waals surface area contributed by atoms with Crippen molar-refractivity contribution in [3.63, 3.8) is 0 Å². The number of ether oxygens (including phenoxy) is 3. The number of aromatic nitrogens is 1. The Morgan fingerprint density at radius 1 is 1.00 bits per heavy atom. The van der Waals surface area contributed by atoms with E-state index in [-0.39, 0.29) is 5.56 Å². The van der Waals surface area contributed by atoms with Crippen LogP contribution in [-0.2, 0) is 6.61 Å². The maximum Gasteiger partial charge on any atom is 0.258 e. The van der Waals surface area contributed by atoms with E-state index in [9.17, 15) is 4.79 Å². The smallest absolute Gasteiger partial charge is 0.258 e. The fourth-order valence-corrected chi connectivity index (χ4v) is 3.30.